The number of carbonyl (C=O) groups is 3. The third kappa shape index (κ3) is 2.13. The van der Waals surface area contributed by atoms with Gasteiger partial charge in [-0.25, -0.2) is 0 Å². The van der Waals surface area contributed by atoms with Gasteiger partial charge in [0.1, 0.15) is 6.04 Å². The number of amides is 3. The number of carbonyl (C=O) groups excluding carboxylic acids is 3. The molecule has 3 amide bonds. The number of allylic oxidation sites excluding steroid dienone is 2. The molecule has 4 aliphatic carbocycles. The van der Waals surface area contributed by atoms with Crippen LogP contribution >= 0.6 is 11.6 Å². The Morgan fingerprint density at radius 1 is 1.15 bits per heavy atom. The minimum absolute atomic E-state index is 0.166. The van der Waals surface area contributed by atoms with E-state index in [0.717, 1.165) is 6.42 Å². The summed E-state index contributed by atoms with van der Waals surface area (Å²) < 4.78 is 0. The van der Waals surface area contributed by atoms with Gasteiger partial charge in [0.15, 0.2) is 0 Å². The van der Waals surface area contributed by atoms with Crippen molar-refractivity contribution in [2.24, 2.45) is 35.5 Å². The Balaban J connectivity index is 1.38. The Morgan fingerprint density at radius 3 is 2.35 bits per heavy atom. The summed E-state index contributed by atoms with van der Waals surface area (Å²) >= 11 is 5.94. The molecule has 2 saturated carbocycles. The van der Waals surface area contributed by atoms with Gasteiger partial charge in [0.2, 0.25) is 17.7 Å². The van der Waals surface area contributed by atoms with Gasteiger partial charge in [0.05, 0.1) is 11.8 Å². The zero-order valence-electron chi connectivity index (χ0n) is 14.3. The van der Waals surface area contributed by atoms with Crippen molar-refractivity contribution in [3.05, 3.63) is 41.4 Å². The Kier molecular flexibility index (Phi) is 3.35. The van der Waals surface area contributed by atoms with Gasteiger partial charge in [-0.1, -0.05) is 29.8 Å². The number of rotatable bonds is 3. The summed E-state index contributed by atoms with van der Waals surface area (Å²) in [6.45, 7) is 1.61. The summed E-state index contributed by atoms with van der Waals surface area (Å²) in [7, 11) is 0. The summed E-state index contributed by atoms with van der Waals surface area (Å²) in [5.74, 6) is 0.150. The highest BCUT2D eigenvalue weighted by Gasteiger charge is 2.67. The van der Waals surface area contributed by atoms with Crippen LogP contribution in [0.1, 0.15) is 13.3 Å². The molecule has 1 aromatic carbocycles. The Labute approximate surface area is 156 Å². The zero-order valence-corrected chi connectivity index (χ0v) is 15.0. The lowest BCUT2D eigenvalue weighted by Gasteiger charge is -2.37. The molecule has 0 aromatic heterocycles. The van der Waals surface area contributed by atoms with Crippen LogP contribution in [0.3, 0.4) is 0 Å². The van der Waals surface area contributed by atoms with Crippen molar-refractivity contribution in [3.63, 3.8) is 0 Å². The summed E-state index contributed by atoms with van der Waals surface area (Å²) in [5.41, 5.74) is 0.550. The molecule has 5 nitrogen and oxygen atoms in total. The standard InChI is InChI=1S/C20H19ClN2O3/c1-9(18(24)22-11-4-2-3-10(21)7-11)23-19(25)16-12-5-6-13(15-8-14(12)15)17(16)20(23)26/h2-7,9,12-17H,8H2,1H3,(H,22,24). The predicted octanol–water partition coefficient (Wildman–Crippen LogP) is 2.72. The van der Waals surface area contributed by atoms with Crippen molar-refractivity contribution in [2.75, 3.05) is 5.32 Å². The summed E-state index contributed by atoms with van der Waals surface area (Å²) in [6.07, 6.45) is 5.39. The summed E-state index contributed by atoms with van der Waals surface area (Å²) in [6, 6.07) is 5.97. The van der Waals surface area contributed by atoms with Gasteiger partial charge in [0.25, 0.3) is 0 Å². The van der Waals surface area contributed by atoms with Crippen LogP contribution in [0, 0.1) is 35.5 Å². The van der Waals surface area contributed by atoms with Crippen LogP contribution in [0.2, 0.25) is 5.02 Å². The van der Waals surface area contributed by atoms with E-state index >= 15 is 0 Å². The van der Waals surface area contributed by atoms with Gasteiger partial charge < -0.3 is 5.32 Å². The average molecular weight is 371 g/mol. The molecule has 1 aliphatic heterocycles. The Morgan fingerprint density at radius 2 is 1.77 bits per heavy atom. The zero-order chi connectivity index (χ0) is 18.2. The predicted molar refractivity (Wildman–Crippen MR) is 96.1 cm³/mol. The van der Waals surface area contributed by atoms with Gasteiger partial charge in [-0.3, -0.25) is 19.3 Å². The van der Waals surface area contributed by atoms with Crippen LogP contribution in [-0.2, 0) is 14.4 Å². The highest BCUT2D eigenvalue weighted by atomic mass is 35.5. The average Bonchev–Trinajstić information content (AvgIpc) is 3.39. The van der Waals surface area contributed by atoms with Crippen molar-refractivity contribution >= 4 is 35.0 Å². The molecule has 7 atom stereocenters. The van der Waals surface area contributed by atoms with E-state index in [1.54, 1.807) is 31.2 Å². The summed E-state index contributed by atoms with van der Waals surface area (Å²) in [4.78, 5) is 39.9. The molecular formula is C20H19ClN2O3. The first-order valence-corrected chi connectivity index (χ1v) is 9.47. The van der Waals surface area contributed by atoms with E-state index in [1.807, 2.05) is 0 Å². The molecule has 1 heterocycles. The molecule has 1 saturated heterocycles. The number of imide groups is 1. The lowest BCUT2D eigenvalue weighted by atomic mass is 9.63. The lowest BCUT2D eigenvalue weighted by Crippen LogP contribution is -2.46. The maximum Gasteiger partial charge on any atom is 0.247 e. The van der Waals surface area contributed by atoms with E-state index in [4.69, 9.17) is 11.6 Å². The molecule has 3 fully saturated rings. The second-order valence-corrected chi connectivity index (χ2v) is 8.31. The van der Waals surface area contributed by atoms with Crippen molar-refractivity contribution in [2.45, 2.75) is 19.4 Å². The van der Waals surface area contributed by atoms with E-state index in [-0.39, 0.29) is 41.4 Å². The molecule has 1 aromatic rings. The molecule has 2 bridgehead atoms. The number of halogens is 1. The van der Waals surface area contributed by atoms with E-state index in [9.17, 15) is 14.4 Å². The minimum atomic E-state index is -0.838. The topological polar surface area (TPSA) is 66.5 Å². The molecule has 6 heteroatoms. The van der Waals surface area contributed by atoms with Crippen LogP contribution < -0.4 is 5.32 Å². The third-order valence-corrected chi connectivity index (χ3v) is 6.79. The highest BCUT2D eigenvalue weighted by Crippen LogP contribution is 2.65. The number of hydrogen-bond acceptors (Lipinski definition) is 3. The minimum Gasteiger partial charge on any atom is -0.324 e. The Bertz CT molecular complexity index is 830. The number of anilines is 1. The van der Waals surface area contributed by atoms with E-state index < -0.39 is 6.04 Å². The second kappa shape index (κ2) is 5.43. The van der Waals surface area contributed by atoms with Gasteiger partial charge in [-0.2, -0.15) is 0 Å². The maximum atomic E-state index is 13.0. The van der Waals surface area contributed by atoms with Gasteiger partial charge in [-0.15, -0.1) is 0 Å². The van der Waals surface area contributed by atoms with Crippen molar-refractivity contribution in [1.29, 1.82) is 0 Å². The molecule has 1 N–H and O–H groups in total. The van der Waals surface area contributed by atoms with Crippen LogP contribution in [0.15, 0.2) is 36.4 Å². The normalized spacial score (nSPS) is 37.4. The number of nitrogens with zero attached hydrogens (tertiary/aromatic N) is 1. The first-order valence-electron chi connectivity index (χ1n) is 9.09. The summed E-state index contributed by atoms with van der Waals surface area (Å²) in [5, 5.41) is 3.26. The molecule has 0 spiro atoms. The van der Waals surface area contributed by atoms with E-state index in [1.165, 1.54) is 4.90 Å². The number of likely N-dealkylation sites (tertiary alicyclic amines) is 1. The number of hydrogen-bond donors (Lipinski definition) is 1. The fourth-order valence-electron chi connectivity index (χ4n) is 5.29. The van der Waals surface area contributed by atoms with E-state index in [2.05, 4.69) is 17.5 Å². The molecule has 6 rings (SSSR count). The van der Waals surface area contributed by atoms with Crippen molar-refractivity contribution < 1.29 is 14.4 Å². The fraction of sp³-hybridized carbons (Fsp3) is 0.450. The van der Waals surface area contributed by atoms with Crippen molar-refractivity contribution in [3.8, 4) is 0 Å². The Hall–Kier alpha value is -2.14. The monoisotopic (exact) mass is 370 g/mol. The van der Waals surface area contributed by atoms with Crippen molar-refractivity contribution in [1.82, 2.24) is 4.90 Å². The molecule has 134 valence electrons. The maximum absolute atomic E-state index is 13.0. The molecule has 5 aliphatic rings. The van der Waals surface area contributed by atoms with Crippen LogP contribution in [0.4, 0.5) is 5.69 Å². The van der Waals surface area contributed by atoms with E-state index in [0.29, 0.717) is 22.5 Å². The second-order valence-electron chi connectivity index (χ2n) is 7.88. The van der Waals surface area contributed by atoms with Gasteiger partial charge in [0, 0.05) is 10.7 Å². The smallest absolute Gasteiger partial charge is 0.247 e. The SMILES string of the molecule is CC(C(=O)Nc1cccc(Cl)c1)N1C(=O)C2C3C=CC(C4CC34)C2C1=O. The van der Waals surface area contributed by atoms with Crippen LogP contribution in [0.5, 0.6) is 0 Å². The van der Waals surface area contributed by atoms with Gasteiger partial charge >= 0.3 is 0 Å². The first-order chi connectivity index (χ1) is 12.5. The third-order valence-electron chi connectivity index (χ3n) is 6.56. The first kappa shape index (κ1) is 16.1. The fourth-order valence-corrected chi connectivity index (χ4v) is 5.48. The largest absolute Gasteiger partial charge is 0.324 e. The lowest BCUT2D eigenvalue weighted by molar-refractivity contribution is -0.146. The number of benzene rings is 1. The van der Waals surface area contributed by atoms with Crippen LogP contribution in [-0.4, -0.2) is 28.7 Å². The molecular weight excluding hydrogens is 352 g/mol. The number of nitrogens with one attached hydrogen (secondary N) is 1. The highest BCUT2D eigenvalue weighted by molar-refractivity contribution is 6.30. The quantitative estimate of drug-likeness (QED) is 0.657. The molecule has 7 unspecified atom stereocenters. The molecule has 0 radical (unpaired) electrons. The van der Waals surface area contributed by atoms with Crippen LogP contribution in [0.25, 0.3) is 0 Å². The molecule has 26 heavy (non-hydrogen) atoms. The van der Waals surface area contributed by atoms with Gasteiger partial charge in [-0.05, 0) is 55.2 Å².